The summed E-state index contributed by atoms with van der Waals surface area (Å²) in [6.07, 6.45) is 1.05. The average Bonchev–Trinajstić information content (AvgIpc) is 2.29. The lowest BCUT2D eigenvalue weighted by Gasteiger charge is -2.19. The van der Waals surface area contributed by atoms with Gasteiger partial charge in [0.1, 0.15) is 0 Å². The molecule has 2 atom stereocenters. The van der Waals surface area contributed by atoms with Crippen LogP contribution >= 0.6 is 15.9 Å². The Balaban J connectivity index is 2.60. The van der Waals surface area contributed by atoms with Crippen molar-refractivity contribution >= 4 is 15.9 Å². The molecule has 2 N–H and O–H groups in total. The third kappa shape index (κ3) is 4.24. The topological polar surface area (TPSA) is 32.3 Å². The van der Waals surface area contributed by atoms with Crippen LogP contribution in [-0.2, 0) is 0 Å². The van der Waals surface area contributed by atoms with Crippen LogP contribution in [0.5, 0.6) is 0 Å². The van der Waals surface area contributed by atoms with Crippen molar-refractivity contribution in [2.24, 2.45) is 5.92 Å². The SMILES string of the molecule is CCC(NCC(C)CO)c1cccc(Br)c1. The molecule has 0 aliphatic heterocycles. The molecule has 0 aliphatic rings. The van der Waals surface area contributed by atoms with Gasteiger partial charge in [0.15, 0.2) is 0 Å². The van der Waals surface area contributed by atoms with Gasteiger partial charge in [0, 0.05) is 23.7 Å². The summed E-state index contributed by atoms with van der Waals surface area (Å²) in [6.45, 7) is 5.30. The van der Waals surface area contributed by atoms with E-state index in [2.05, 4.69) is 46.4 Å². The van der Waals surface area contributed by atoms with Gasteiger partial charge in [-0.2, -0.15) is 0 Å². The maximum absolute atomic E-state index is 8.99. The summed E-state index contributed by atoms with van der Waals surface area (Å²) in [5.41, 5.74) is 1.29. The monoisotopic (exact) mass is 285 g/mol. The van der Waals surface area contributed by atoms with E-state index in [1.807, 2.05) is 13.0 Å². The molecule has 0 amide bonds. The molecule has 0 spiro atoms. The molecule has 16 heavy (non-hydrogen) atoms. The lowest BCUT2D eigenvalue weighted by molar-refractivity contribution is 0.229. The van der Waals surface area contributed by atoms with E-state index < -0.39 is 0 Å². The van der Waals surface area contributed by atoms with Crippen LogP contribution in [0, 0.1) is 5.92 Å². The minimum absolute atomic E-state index is 0.238. The Morgan fingerprint density at radius 1 is 1.44 bits per heavy atom. The van der Waals surface area contributed by atoms with E-state index in [0.717, 1.165) is 17.4 Å². The molecule has 0 bridgehead atoms. The Kier molecular flexibility index (Phi) is 6.03. The smallest absolute Gasteiger partial charge is 0.0468 e. The van der Waals surface area contributed by atoms with E-state index in [9.17, 15) is 0 Å². The molecule has 0 aromatic heterocycles. The van der Waals surface area contributed by atoms with Gasteiger partial charge in [0.25, 0.3) is 0 Å². The van der Waals surface area contributed by atoms with Crippen molar-refractivity contribution < 1.29 is 5.11 Å². The molecule has 0 saturated heterocycles. The maximum Gasteiger partial charge on any atom is 0.0468 e. The second kappa shape index (κ2) is 7.05. The number of halogens is 1. The number of hydrogen-bond acceptors (Lipinski definition) is 2. The zero-order chi connectivity index (χ0) is 12.0. The van der Waals surface area contributed by atoms with E-state index in [1.54, 1.807) is 0 Å². The highest BCUT2D eigenvalue weighted by atomic mass is 79.9. The standard InChI is InChI=1S/C13H20BrNO/c1-3-13(15-8-10(2)9-16)11-5-4-6-12(14)7-11/h4-7,10,13,15-16H,3,8-9H2,1-2H3. The second-order valence-corrected chi connectivity index (χ2v) is 5.13. The molecule has 3 heteroatoms. The molecule has 1 aromatic rings. The molecule has 1 aromatic carbocycles. The average molecular weight is 286 g/mol. The molecule has 0 heterocycles. The fraction of sp³-hybridized carbons (Fsp3) is 0.538. The molecule has 0 saturated carbocycles. The van der Waals surface area contributed by atoms with Crippen molar-refractivity contribution in [3.05, 3.63) is 34.3 Å². The first-order valence-corrected chi connectivity index (χ1v) is 6.56. The summed E-state index contributed by atoms with van der Waals surface area (Å²) in [6, 6.07) is 8.73. The van der Waals surface area contributed by atoms with E-state index in [0.29, 0.717) is 12.0 Å². The molecular formula is C13H20BrNO. The van der Waals surface area contributed by atoms with Crippen molar-refractivity contribution in [1.29, 1.82) is 0 Å². The Hall–Kier alpha value is -0.380. The third-order valence-electron chi connectivity index (χ3n) is 2.68. The normalized spacial score (nSPS) is 14.8. The predicted molar refractivity (Wildman–Crippen MR) is 71.4 cm³/mol. The lowest BCUT2D eigenvalue weighted by Crippen LogP contribution is -2.27. The van der Waals surface area contributed by atoms with Gasteiger partial charge in [-0.15, -0.1) is 0 Å². The largest absolute Gasteiger partial charge is 0.396 e. The van der Waals surface area contributed by atoms with E-state index in [-0.39, 0.29) is 6.61 Å². The van der Waals surface area contributed by atoms with Gasteiger partial charge in [-0.1, -0.05) is 41.9 Å². The molecule has 2 nitrogen and oxygen atoms in total. The molecule has 1 rings (SSSR count). The fourth-order valence-corrected chi connectivity index (χ4v) is 2.05. The van der Waals surface area contributed by atoms with Crippen LogP contribution in [-0.4, -0.2) is 18.3 Å². The van der Waals surface area contributed by atoms with Gasteiger partial charge in [0.2, 0.25) is 0 Å². The van der Waals surface area contributed by atoms with Crippen LogP contribution in [0.25, 0.3) is 0 Å². The van der Waals surface area contributed by atoms with Gasteiger partial charge in [-0.05, 0) is 30.0 Å². The number of aliphatic hydroxyl groups excluding tert-OH is 1. The summed E-state index contributed by atoms with van der Waals surface area (Å²) >= 11 is 3.49. The molecule has 0 fully saturated rings. The number of benzene rings is 1. The van der Waals surface area contributed by atoms with Crippen LogP contribution in [0.4, 0.5) is 0 Å². The summed E-state index contributed by atoms with van der Waals surface area (Å²) in [5.74, 6) is 0.307. The first-order chi connectivity index (χ1) is 7.67. The number of rotatable bonds is 6. The highest BCUT2D eigenvalue weighted by Gasteiger charge is 2.10. The lowest BCUT2D eigenvalue weighted by atomic mass is 10.0. The summed E-state index contributed by atoms with van der Waals surface area (Å²) in [7, 11) is 0. The first kappa shape index (κ1) is 13.7. The summed E-state index contributed by atoms with van der Waals surface area (Å²) in [5, 5.41) is 12.5. The maximum atomic E-state index is 8.99. The van der Waals surface area contributed by atoms with E-state index >= 15 is 0 Å². The molecule has 2 unspecified atom stereocenters. The van der Waals surface area contributed by atoms with Crippen molar-refractivity contribution in [2.75, 3.05) is 13.2 Å². The number of hydrogen-bond donors (Lipinski definition) is 2. The summed E-state index contributed by atoms with van der Waals surface area (Å²) < 4.78 is 1.11. The second-order valence-electron chi connectivity index (χ2n) is 4.21. The fourth-order valence-electron chi connectivity index (χ4n) is 1.63. The minimum Gasteiger partial charge on any atom is -0.396 e. The highest BCUT2D eigenvalue weighted by Crippen LogP contribution is 2.20. The van der Waals surface area contributed by atoms with Gasteiger partial charge < -0.3 is 10.4 Å². The van der Waals surface area contributed by atoms with Crippen LogP contribution in [0.1, 0.15) is 31.9 Å². The zero-order valence-corrected chi connectivity index (χ0v) is 11.5. The first-order valence-electron chi connectivity index (χ1n) is 5.77. The summed E-state index contributed by atoms with van der Waals surface area (Å²) in [4.78, 5) is 0. The van der Waals surface area contributed by atoms with Crippen LogP contribution < -0.4 is 5.32 Å². The van der Waals surface area contributed by atoms with Crippen molar-refractivity contribution in [3.63, 3.8) is 0 Å². The van der Waals surface area contributed by atoms with Gasteiger partial charge in [-0.25, -0.2) is 0 Å². The van der Waals surface area contributed by atoms with Gasteiger partial charge in [0.05, 0.1) is 0 Å². The van der Waals surface area contributed by atoms with Crippen molar-refractivity contribution in [1.82, 2.24) is 5.32 Å². The zero-order valence-electron chi connectivity index (χ0n) is 9.91. The van der Waals surface area contributed by atoms with Crippen molar-refractivity contribution in [3.8, 4) is 0 Å². The highest BCUT2D eigenvalue weighted by molar-refractivity contribution is 9.10. The van der Waals surface area contributed by atoms with E-state index in [4.69, 9.17) is 5.11 Å². The Morgan fingerprint density at radius 2 is 2.19 bits per heavy atom. The minimum atomic E-state index is 0.238. The molecule has 90 valence electrons. The Bertz CT molecular complexity index is 317. The van der Waals surface area contributed by atoms with Crippen LogP contribution in [0.2, 0.25) is 0 Å². The number of aliphatic hydroxyl groups is 1. The quantitative estimate of drug-likeness (QED) is 0.842. The van der Waals surface area contributed by atoms with Crippen LogP contribution in [0.3, 0.4) is 0 Å². The Labute approximate surface area is 106 Å². The molecule has 0 radical (unpaired) electrons. The molecule has 0 aliphatic carbocycles. The number of nitrogens with one attached hydrogen (secondary N) is 1. The predicted octanol–water partition coefficient (Wildman–Crippen LogP) is 3.12. The third-order valence-corrected chi connectivity index (χ3v) is 3.18. The van der Waals surface area contributed by atoms with Crippen LogP contribution in [0.15, 0.2) is 28.7 Å². The van der Waals surface area contributed by atoms with Gasteiger partial charge >= 0.3 is 0 Å². The van der Waals surface area contributed by atoms with Gasteiger partial charge in [-0.3, -0.25) is 0 Å². The molecular weight excluding hydrogens is 266 g/mol. The van der Waals surface area contributed by atoms with Crippen molar-refractivity contribution in [2.45, 2.75) is 26.3 Å². The van der Waals surface area contributed by atoms with E-state index in [1.165, 1.54) is 5.56 Å². The Morgan fingerprint density at radius 3 is 2.75 bits per heavy atom.